The molecule has 0 radical (unpaired) electrons. The molecular formula is C21H24INO3. The third-order valence-electron chi connectivity index (χ3n) is 4.66. The molecule has 2 aromatic carbocycles. The summed E-state index contributed by atoms with van der Waals surface area (Å²) in [5.41, 5.74) is 2.96. The number of aryl methyl sites for hydroxylation is 1. The van der Waals surface area contributed by atoms with Crippen LogP contribution in [0, 0.1) is 10.5 Å². The van der Waals surface area contributed by atoms with E-state index >= 15 is 0 Å². The van der Waals surface area contributed by atoms with Gasteiger partial charge in [0.05, 0.1) is 13.2 Å². The largest absolute Gasteiger partial charge is 0.497 e. The van der Waals surface area contributed by atoms with Crippen molar-refractivity contribution in [3.63, 3.8) is 0 Å². The fourth-order valence-corrected chi connectivity index (χ4v) is 3.67. The summed E-state index contributed by atoms with van der Waals surface area (Å²) < 4.78 is 12.2. The first-order valence-corrected chi connectivity index (χ1v) is 9.94. The Morgan fingerprint density at radius 3 is 2.85 bits per heavy atom. The van der Waals surface area contributed by atoms with Crippen LogP contribution in [0.5, 0.6) is 5.75 Å². The third kappa shape index (κ3) is 4.76. The highest BCUT2D eigenvalue weighted by Crippen LogP contribution is 2.21. The number of rotatable bonds is 6. The molecule has 0 aliphatic carbocycles. The lowest BCUT2D eigenvalue weighted by Crippen LogP contribution is -2.37. The lowest BCUT2D eigenvalue weighted by atomic mass is 10.1. The molecule has 26 heavy (non-hydrogen) atoms. The molecule has 138 valence electrons. The second kappa shape index (κ2) is 8.86. The molecule has 1 heterocycles. The van der Waals surface area contributed by atoms with Gasteiger partial charge in [-0.05, 0) is 77.7 Å². The van der Waals surface area contributed by atoms with Crippen molar-refractivity contribution in [2.75, 3.05) is 20.3 Å². The first kappa shape index (κ1) is 19.2. The predicted octanol–water partition coefficient (Wildman–Crippen LogP) is 4.43. The van der Waals surface area contributed by atoms with Crippen molar-refractivity contribution in [3.8, 4) is 5.75 Å². The number of amides is 1. The van der Waals surface area contributed by atoms with Crippen LogP contribution in [0.1, 0.15) is 34.3 Å². The van der Waals surface area contributed by atoms with Gasteiger partial charge in [-0.3, -0.25) is 4.79 Å². The zero-order valence-electron chi connectivity index (χ0n) is 15.2. The fourth-order valence-electron chi connectivity index (χ4n) is 3.15. The lowest BCUT2D eigenvalue weighted by molar-refractivity contribution is 0.0507. The number of halogens is 1. The van der Waals surface area contributed by atoms with Gasteiger partial charge in [0.1, 0.15) is 5.75 Å². The maximum atomic E-state index is 13.2. The number of ether oxygens (including phenoxy) is 2. The number of hydrogen-bond acceptors (Lipinski definition) is 3. The van der Waals surface area contributed by atoms with E-state index in [0.717, 1.165) is 39.9 Å². The summed E-state index contributed by atoms with van der Waals surface area (Å²) in [6.07, 6.45) is 2.19. The fraction of sp³-hybridized carbons (Fsp3) is 0.381. The molecule has 0 N–H and O–H groups in total. The van der Waals surface area contributed by atoms with Crippen LogP contribution in [0.3, 0.4) is 0 Å². The molecular weight excluding hydrogens is 441 g/mol. The van der Waals surface area contributed by atoms with Crippen LogP contribution in [-0.4, -0.2) is 37.2 Å². The Balaban J connectivity index is 1.83. The van der Waals surface area contributed by atoms with Gasteiger partial charge in [-0.15, -0.1) is 0 Å². The number of benzene rings is 2. The van der Waals surface area contributed by atoms with E-state index in [1.54, 1.807) is 7.11 Å². The Hall–Kier alpha value is -1.60. The van der Waals surface area contributed by atoms with Gasteiger partial charge in [-0.1, -0.05) is 18.2 Å². The first-order valence-electron chi connectivity index (χ1n) is 8.87. The zero-order chi connectivity index (χ0) is 18.5. The molecule has 0 bridgehead atoms. The first-order chi connectivity index (χ1) is 12.6. The summed E-state index contributed by atoms with van der Waals surface area (Å²) in [6, 6.07) is 13.8. The quantitative estimate of drug-likeness (QED) is 0.593. The highest BCUT2D eigenvalue weighted by Gasteiger charge is 2.24. The van der Waals surface area contributed by atoms with Crippen molar-refractivity contribution in [1.29, 1.82) is 0 Å². The summed E-state index contributed by atoms with van der Waals surface area (Å²) >= 11 is 2.28. The second-order valence-corrected chi connectivity index (χ2v) is 7.80. The normalized spacial score (nSPS) is 16.5. The van der Waals surface area contributed by atoms with Gasteiger partial charge in [0.25, 0.3) is 5.91 Å². The Kier molecular flexibility index (Phi) is 6.53. The van der Waals surface area contributed by atoms with Gasteiger partial charge in [-0.25, -0.2) is 0 Å². The van der Waals surface area contributed by atoms with Crippen molar-refractivity contribution in [3.05, 3.63) is 62.7 Å². The lowest BCUT2D eigenvalue weighted by Gasteiger charge is -2.26. The SMILES string of the molecule is COc1cccc(CN(CC2CCCO2)C(=O)c2ccc(C)c(I)c2)c1. The van der Waals surface area contributed by atoms with Gasteiger partial charge >= 0.3 is 0 Å². The number of methoxy groups -OCH3 is 1. The van der Waals surface area contributed by atoms with Crippen molar-refractivity contribution in [2.45, 2.75) is 32.4 Å². The highest BCUT2D eigenvalue weighted by atomic mass is 127. The molecule has 0 spiro atoms. The molecule has 1 unspecified atom stereocenters. The van der Waals surface area contributed by atoms with Crippen molar-refractivity contribution >= 4 is 28.5 Å². The van der Waals surface area contributed by atoms with Crippen molar-refractivity contribution < 1.29 is 14.3 Å². The van der Waals surface area contributed by atoms with E-state index in [-0.39, 0.29) is 12.0 Å². The monoisotopic (exact) mass is 465 g/mol. The van der Waals surface area contributed by atoms with E-state index in [0.29, 0.717) is 13.1 Å². The number of nitrogens with zero attached hydrogens (tertiary/aromatic N) is 1. The van der Waals surface area contributed by atoms with Gasteiger partial charge in [0, 0.05) is 28.8 Å². The smallest absolute Gasteiger partial charge is 0.254 e. The minimum absolute atomic E-state index is 0.0428. The average molecular weight is 465 g/mol. The summed E-state index contributed by atoms with van der Waals surface area (Å²) in [5, 5.41) is 0. The van der Waals surface area contributed by atoms with Gasteiger partial charge in [0.15, 0.2) is 0 Å². The Morgan fingerprint density at radius 2 is 2.15 bits per heavy atom. The molecule has 3 rings (SSSR count). The van der Waals surface area contributed by atoms with Crippen LogP contribution in [0.25, 0.3) is 0 Å². The molecule has 1 aliphatic heterocycles. The highest BCUT2D eigenvalue weighted by molar-refractivity contribution is 14.1. The van der Waals surface area contributed by atoms with E-state index in [4.69, 9.17) is 9.47 Å². The molecule has 1 atom stereocenters. The van der Waals surface area contributed by atoms with Crippen LogP contribution in [0.4, 0.5) is 0 Å². The summed E-state index contributed by atoms with van der Waals surface area (Å²) in [4.78, 5) is 15.1. The van der Waals surface area contributed by atoms with Crippen molar-refractivity contribution in [2.24, 2.45) is 0 Å². The minimum Gasteiger partial charge on any atom is -0.497 e. The Bertz CT molecular complexity index is 772. The summed E-state index contributed by atoms with van der Waals surface area (Å²) in [7, 11) is 1.66. The number of hydrogen-bond donors (Lipinski definition) is 0. The minimum atomic E-state index is 0.0428. The maximum absolute atomic E-state index is 13.2. The van der Waals surface area contributed by atoms with Gasteiger partial charge in [-0.2, -0.15) is 0 Å². The van der Waals surface area contributed by atoms with Crippen molar-refractivity contribution in [1.82, 2.24) is 4.90 Å². The Morgan fingerprint density at radius 1 is 1.31 bits per heavy atom. The molecule has 5 heteroatoms. The summed E-state index contributed by atoms with van der Waals surface area (Å²) in [6.45, 7) is 3.99. The van der Waals surface area contributed by atoms with E-state index < -0.39 is 0 Å². The standard InChI is InChI=1S/C21H24INO3/c1-15-8-9-17(12-20(15)22)21(24)23(14-19-7-4-10-26-19)13-16-5-3-6-18(11-16)25-2/h3,5-6,8-9,11-12,19H,4,7,10,13-14H2,1-2H3. The Labute approximate surface area is 168 Å². The zero-order valence-corrected chi connectivity index (χ0v) is 17.4. The third-order valence-corrected chi connectivity index (χ3v) is 5.82. The summed E-state index contributed by atoms with van der Waals surface area (Å²) in [5.74, 6) is 0.845. The number of carbonyl (C=O) groups is 1. The maximum Gasteiger partial charge on any atom is 0.254 e. The molecule has 0 aromatic heterocycles. The second-order valence-electron chi connectivity index (χ2n) is 6.64. The van der Waals surface area contributed by atoms with Crippen LogP contribution in [-0.2, 0) is 11.3 Å². The van der Waals surface area contributed by atoms with E-state index in [1.807, 2.05) is 47.4 Å². The van der Waals surface area contributed by atoms with Crippen LogP contribution < -0.4 is 4.74 Å². The predicted molar refractivity (Wildman–Crippen MR) is 111 cm³/mol. The topological polar surface area (TPSA) is 38.8 Å². The molecule has 1 fully saturated rings. The van der Waals surface area contributed by atoms with E-state index in [2.05, 4.69) is 29.5 Å². The van der Waals surface area contributed by atoms with Crippen LogP contribution in [0.2, 0.25) is 0 Å². The molecule has 1 amide bonds. The molecule has 2 aromatic rings. The van der Waals surface area contributed by atoms with Crippen LogP contribution in [0.15, 0.2) is 42.5 Å². The molecule has 1 aliphatic rings. The van der Waals surface area contributed by atoms with Crippen LogP contribution >= 0.6 is 22.6 Å². The van der Waals surface area contributed by atoms with E-state index in [9.17, 15) is 4.79 Å². The molecule has 1 saturated heterocycles. The van der Waals surface area contributed by atoms with E-state index in [1.165, 1.54) is 5.56 Å². The van der Waals surface area contributed by atoms with Gasteiger partial charge in [0.2, 0.25) is 0 Å². The van der Waals surface area contributed by atoms with Gasteiger partial charge < -0.3 is 14.4 Å². The average Bonchev–Trinajstić information content (AvgIpc) is 3.16. The molecule has 0 saturated carbocycles. The molecule has 4 nitrogen and oxygen atoms in total. The number of carbonyl (C=O) groups excluding carboxylic acids is 1.